The first kappa shape index (κ1) is 16.7. The van der Waals surface area contributed by atoms with Crippen LogP contribution in [0.3, 0.4) is 0 Å². The number of aliphatic carboxylic acids is 1. The molecule has 1 heterocycles. The van der Waals surface area contributed by atoms with Gasteiger partial charge in [0.1, 0.15) is 6.04 Å². The summed E-state index contributed by atoms with van der Waals surface area (Å²) in [5.41, 5.74) is 1.92. The summed E-state index contributed by atoms with van der Waals surface area (Å²) in [4.78, 5) is 11.2. The number of carbonyl (C=O) groups is 1. The summed E-state index contributed by atoms with van der Waals surface area (Å²) in [7, 11) is 0. The van der Waals surface area contributed by atoms with Crippen LogP contribution in [0.15, 0.2) is 41.1 Å². The maximum absolute atomic E-state index is 11.2. The number of nitrogens with zero attached hydrogens (tertiary/aromatic N) is 2. The van der Waals surface area contributed by atoms with Crippen LogP contribution in [0.5, 0.6) is 0 Å². The van der Waals surface area contributed by atoms with Gasteiger partial charge < -0.3 is 10.4 Å². The first-order valence-electron chi connectivity index (χ1n) is 7.21. The molecule has 0 amide bonds. The van der Waals surface area contributed by atoms with E-state index in [1.165, 1.54) is 0 Å². The molecule has 2 N–H and O–H groups in total. The van der Waals surface area contributed by atoms with E-state index in [4.69, 9.17) is 0 Å². The van der Waals surface area contributed by atoms with Gasteiger partial charge >= 0.3 is 5.97 Å². The van der Waals surface area contributed by atoms with Crippen LogP contribution in [-0.4, -0.2) is 26.9 Å². The fraction of sp³-hybridized carbons (Fsp3) is 0.375. The van der Waals surface area contributed by atoms with Crippen molar-refractivity contribution in [3.8, 4) is 5.69 Å². The third-order valence-electron chi connectivity index (χ3n) is 3.29. The first-order valence-corrected chi connectivity index (χ1v) is 8.00. The highest BCUT2D eigenvalue weighted by Gasteiger charge is 2.18. The van der Waals surface area contributed by atoms with Gasteiger partial charge in [-0.3, -0.25) is 4.79 Å². The Kier molecular flexibility index (Phi) is 5.74. The van der Waals surface area contributed by atoms with E-state index < -0.39 is 12.0 Å². The van der Waals surface area contributed by atoms with Crippen LogP contribution in [0, 0.1) is 5.92 Å². The van der Waals surface area contributed by atoms with Crippen LogP contribution in [0.25, 0.3) is 5.69 Å². The highest BCUT2D eigenvalue weighted by molar-refractivity contribution is 9.10. The van der Waals surface area contributed by atoms with Crippen molar-refractivity contribution in [3.05, 3.63) is 46.7 Å². The highest BCUT2D eigenvalue weighted by atomic mass is 79.9. The van der Waals surface area contributed by atoms with Gasteiger partial charge in [0.25, 0.3) is 0 Å². The lowest BCUT2D eigenvalue weighted by Gasteiger charge is -2.15. The van der Waals surface area contributed by atoms with E-state index in [0.717, 1.165) is 15.7 Å². The molecule has 0 fully saturated rings. The van der Waals surface area contributed by atoms with Crippen LogP contribution in [0.1, 0.15) is 25.8 Å². The number of carboxylic acid groups (broad SMARTS) is 1. The Bertz CT molecular complexity index is 623. The zero-order chi connectivity index (χ0) is 16.1. The van der Waals surface area contributed by atoms with Crippen molar-refractivity contribution in [2.24, 2.45) is 5.92 Å². The van der Waals surface area contributed by atoms with Gasteiger partial charge in [-0.25, -0.2) is 4.68 Å². The van der Waals surface area contributed by atoms with Gasteiger partial charge in [0.15, 0.2) is 0 Å². The summed E-state index contributed by atoms with van der Waals surface area (Å²) in [6.07, 6.45) is 4.27. The van der Waals surface area contributed by atoms with Crippen molar-refractivity contribution in [2.45, 2.75) is 32.9 Å². The normalized spacial score (nSPS) is 12.5. The molecule has 5 nitrogen and oxygen atoms in total. The van der Waals surface area contributed by atoms with Crippen LogP contribution in [0.2, 0.25) is 0 Å². The minimum Gasteiger partial charge on any atom is -0.480 e. The van der Waals surface area contributed by atoms with Gasteiger partial charge in [0, 0.05) is 22.8 Å². The molecule has 0 aliphatic carbocycles. The molecule has 0 radical (unpaired) electrons. The Balaban J connectivity index is 1.99. The second-order valence-corrected chi connectivity index (χ2v) is 6.59. The largest absolute Gasteiger partial charge is 0.480 e. The van der Waals surface area contributed by atoms with Crippen molar-refractivity contribution in [3.63, 3.8) is 0 Å². The van der Waals surface area contributed by atoms with E-state index >= 15 is 0 Å². The minimum absolute atomic E-state index is 0.332. The Morgan fingerprint density at radius 2 is 2.05 bits per heavy atom. The lowest BCUT2D eigenvalue weighted by atomic mass is 10.0. The Hall–Kier alpha value is -1.66. The summed E-state index contributed by atoms with van der Waals surface area (Å²) in [6, 6.07) is 7.31. The Morgan fingerprint density at radius 1 is 1.36 bits per heavy atom. The zero-order valence-corrected chi connectivity index (χ0v) is 14.2. The molecule has 0 unspecified atom stereocenters. The van der Waals surface area contributed by atoms with E-state index in [9.17, 15) is 9.90 Å². The molecule has 0 aliphatic rings. The van der Waals surface area contributed by atoms with Gasteiger partial charge in [0.2, 0.25) is 0 Å². The monoisotopic (exact) mass is 365 g/mol. The zero-order valence-electron chi connectivity index (χ0n) is 12.7. The van der Waals surface area contributed by atoms with Crippen LogP contribution in [-0.2, 0) is 11.3 Å². The van der Waals surface area contributed by atoms with Gasteiger partial charge in [-0.2, -0.15) is 5.10 Å². The summed E-state index contributed by atoms with van der Waals surface area (Å²) < 4.78 is 2.80. The molecular weight excluding hydrogens is 346 g/mol. The van der Waals surface area contributed by atoms with E-state index in [2.05, 4.69) is 26.3 Å². The fourth-order valence-corrected chi connectivity index (χ4v) is 2.43. The van der Waals surface area contributed by atoms with E-state index in [-0.39, 0.29) is 0 Å². The number of hydrogen-bond acceptors (Lipinski definition) is 3. The molecule has 0 aliphatic heterocycles. The standard InChI is InChI=1S/C16H20BrN3O2/c1-11(2)7-15(16(21)22)18-8-12-9-19-20(10-12)14-5-3-13(17)4-6-14/h3-6,9-11,15,18H,7-8H2,1-2H3,(H,21,22)/t15-/m1/s1. The lowest BCUT2D eigenvalue weighted by Crippen LogP contribution is -2.37. The van der Waals surface area contributed by atoms with Crippen molar-refractivity contribution in [1.29, 1.82) is 0 Å². The van der Waals surface area contributed by atoms with Gasteiger partial charge in [0.05, 0.1) is 11.9 Å². The first-order chi connectivity index (χ1) is 10.5. The van der Waals surface area contributed by atoms with Gasteiger partial charge in [-0.05, 0) is 36.6 Å². The topological polar surface area (TPSA) is 67.2 Å². The molecule has 2 aromatic rings. The van der Waals surface area contributed by atoms with Crippen molar-refractivity contribution in [1.82, 2.24) is 15.1 Å². The van der Waals surface area contributed by atoms with E-state index in [1.807, 2.05) is 44.3 Å². The third-order valence-corrected chi connectivity index (χ3v) is 3.81. The summed E-state index contributed by atoms with van der Waals surface area (Å²) in [6.45, 7) is 4.52. The van der Waals surface area contributed by atoms with E-state index in [0.29, 0.717) is 18.9 Å². The SMILES string of the molecule is CC(C)C[C@@H](NCc1cnn(-c2ccc(Br)cc2)c1)C(=O)O. The predicted octanol–water partition coefficient (Wildman–Crippen LogP) is 3.22. The third kappa shape index (κ3) is 4.68. The minimum atomic E-state index is -0.811. The maximum Gasteiger partial charge on any atom is 0.320 e. The predicted molar refractivity (Wildman–Crippen MR) is 89.0 cm³/mol. The number of benzene rings is 1. The van der Waals surface area contributed by atoms with Crippen molar-refractivity contribution >= 4 is 21.9 Å². The number of rotatable bonds is 7. The van der Waals surface area contributed by atoms with Gasteiger partial charge in [-0.1, -0.05) is 29.8 Å². The van der Waals surface area contributed by atoms with Gasteiger partial charge in [-0.15, -0.1) is 0 Å². The quantitative estimate of drug-likeness (QED) is 0.790. The Labute approximate surface area is 138 Å². The molecule has 1 aromatic carbocycles. The van der Waals surface area contributed by atoms with Crippen LogP contribution >= 0.6 is 15.9 Å². The molecule has 0 spiro atoms. The molecule has 0 bridgehead atoms. The smallest absolute Gasteiger partial charge is 0.320 e. The molecule has 0 saturated carbocycles. The molecule has 6 heteroatoms. The summed E-state index contributed by atoms with van der Waals surface area (Å²) in [5, 5.41) is 16.6. The molecule has 0 saturated heterocycles. The second kappa shape index (κ2) is 7.56. The molecule has 1 atom stereocenters. The summed E-state index contributed by atoms with van der Waals surface area (Å²) in [5.74, 6) is -0.479. The lowest BCUT2D eigenvalue weighted by molar-refractivity contribution is -0.140. The molecule has 2 rings (SSSR count). The second-order valence-electron chi connectivity index (χ2n) is 5.67. The molecule has 22 heavy (non-hydrogen) atoms. The average Bonchev–Trinajstić information content (AvgIpc) is 2.92. The van der Waals surface area contributed by atoms with E-state index in [1.54, 1.807) is 10.9 Å². The van der Waals surface area contributed by atoms with Crippen LogP contribution in [0.4, 0.5) is 0 Å². The molecular formula is C16H20BrN3O2. The van der Waals surface area contributed by atoms with Crippen molar-refractivity contribution < 1.29 is 9.90 Å². The number of aromatic nitrogens is 2. The van der Waals surface area contributed by atoms with Crippen LogP contribution < -0.4 is 5.32 Å². The number of nitrogens with one attached hydrogen (secondary N) is 1. The molecule has 118 valence electrons. The average molecular weight is 366 g/mol. The number of hydrogen-bond donors (Lipinski definition) is 2. The number of halogens is 1. The highest BCUT2D eigenvalue weighted by Crippen LogP contribution is 2.14. The fourth-order valence-electron chi connectivity index (χ4n) is 2.17. The molecule has 1 aromatic heterocycles. The summed E-state index contributed by atoms with van der Waals surface area (Å²) >= 11 is 3.40. The number of carboxylic acids is 1. The van der Waals surface area contributed by atoms with Crippen molar-refractivity contribution in [2.75, 3.05) is 0 Å². The maximum atomic E-state index is 11.2. The Morgan fingerprint density at radius 3 is 2.64 bits per heavy atom.